The van der Waals surface area contributed by atoms with Crippen molar-refractivity contribution in [1.29, 1.82) is 0 Å². The van der Waals surface area contributed by atoms with Gasteiger partial charge in [-0.3, -0.25) is 14.5 Å². The number of carbonyl (C=O) groups excluding carboxylic acids is 2. The molecule has 0 bridgehead atoms. The van der Waals surface area contributed by atoms with Crippen LogP contribution in [0.1, 0.15) is 48.7 Å². The Balaban J connectivity index is 1.55. The van der Waals surface area contributed by atoms with Gasteiger partial charge >= 0.3 is 0 Å². The summed E-state index contributed by atoms with van der Waals surface area (Å²) < 4.78 is 0. The van der Waals surface area contributed by atoms with Gasteiger partial charge in [0.15, 0.2) is 0 Å². The zero-order valence-corrected chi connectivity index (χ0v) is 17.4. The van der Waals surface area contributed by atoms with Crippen LogP contribution in [-0.4, -0.2) is 53.8 Å². The highest BCUT2D eigenvalue weighted by Crippen LogP contribution is 2.19. The van der Waals surface area contributed by atoms with Crippen LogP contribution in [0.15, 0.2) is 60.7 Å². The van der Waals surface area contributed by atoms with Gasteiger partial charge in [0, 0.05) is 31.7 Å². The van der Waals surface area contributed by atoms with E-state index >= 15 is 0 Å². The maximum Gasteiger partial charge on any atom is 0.253 e. The molecule has 1 fully saturated rings. The fraction of sp³-hybridized carbons (Fsp3) is 0.417. The van der Waals surface area contributed by atoms with Crippen molar-refractivity contribution >= 4 is 11.8 Å². The molecule has 1 saturated heterocycles. The number of hydrogen-bond donors (Lipinski definition) is 1. The molecule has 2 aromatic carbocycles. The average Bonchev–Trinajstić information content (AvgIpc) is 2.79. The molecule has 1 aliphatic heterocycles. The molecule has 2 amide bonds. The maximum absolute atomic E-state index is 12.9. The summed E-state index contributed by atoms with van der Waals surface area (Å²) >= 11 is 0. The number of carbonyl (C=O) groups is 2. The Morgan fingerprint density at radius 3 is 2.10 bits per heavy atom. The van der Waals surface area contributed by atoms with E-state index in [9.17, 15) is 9.59 Å². The van der Waals surface area contributed by atoms with Crippen LogP contribution in [0, 0.1) is 0 Å². The summed E-state index contributed by atoms with van der Waals surface area (Å²) in [5.74, 6) is 0.115. The van der Waals surface area contributed by atoms with Crippen molar-refractivity contribution in [3.05, 3.63) is 71.8 Å². The average molecular weight is 394 g/mol. The number of benzene rings is 2. The molecule has 3 rings (SSSR count). The monoisotopic (exact) mass is 393 g/mol. The van der Waals surface area contributed by atoms with E-state index in [0.29, 0.717) is 26.2 Å². The molecule has 29 heavy (non-hydrogen) atoms. The van der Waals surface area contributed by atoms with Crippen molar-refractivity contribution < 1.29 is 9.59 Å². The summed E-state index contributed by atoms with van der Waals surface area (Å²) in [4.78, 5) is 29.6. The van der Waals surface area contributed by atoms with Crippen LogP contribution < -0.4 is 5.32 Å². The highest BCUT2D eigenvalue weighted by atomic mass is 16.2. The molecule has 1 N–H and O–H groups in total. The van der Waals surface area contributed by atoms with Crippen LogP contribution in [0.4, 0.5) is 0 Å². The Morgan fingerprint density at radius 1 is 0.931 bits per heavy atom. The smallest absolute Gasteiger partial charge is 0.253 e. The molecule has 154 valence electrons. The molecule has 0 unspecified atom stereocenters. The van der Waals surface area contributed by atoms with Gasteiger partial charge < -0.3 is 10.2 Å². The number of rotatable bonds is 7. The summed E-state index contributed by atoms with van der Waals surface area (Å²) in [5, 5.41) is 3.23. The number of amides is 2. The van der Waals surface area contributed by atoms with E-state index in [2.05, 4.69) is 29.3 Å². The van der Waals surface area contributed by atoms with Crippen molar-refractivity contribution in [2.45, 2.75) is 38.8 Å². The summed E-state index contributed by atoms with van der Waals surface area (Å²) in [6, 6.07) is 19.4. The largest absolute Gasteiger partial charge is 0.348 e. The molecule has 2 atom stereocenters. The Morgan fingerprint density at radius 2 is 1.52 bits per heavy atom. The normalized spacial score (nSPS) is 16.8. The Hall–Kier alpha value is -2.66. The third-order valence-corrected chi connectivity index (χ3v) is 5.65. The SMILES string of the molecule is CCC[C@H](NC(=O)[C@H](C)N1CCN(C(=O)c2ccccc2)CC1)c1ccccc1. The Labute approximate surface area is 173 Å². The van der Waals surface area contributed by atoms with Gasteiger partial charge in [0.2, 0.25) is 5.91 Å². The van der Waals surface area contributed by atoms with Crippen molar-refractivity contribution in [2.75, 3.05) is 26.2 Å². The number of hydrogen-bond acceptors (Lipinski definition) is 3. The number of nitrogens with zero attached hydrogens (tertiary/aromatic N) is 2. The predicted octanol–water partition coefficient (Wildman–Crippen LogP) is 3.49. The van der Waals surface area contributed by atoms with Crippen LogP contribution in [0.25, 0.3) is 0 Å². The Bertz CT molecular complexity index is 786. The van der Waals surface area contributed by atoms with Gasteiger partial charge in [-0.25, -0.2) is 0 Å². The molecular weight excluding hydrogens is 362 g/mol. The van der Waals surface area contributed by atoms with Gasteiger partial charge in [0.1, 0.15) is 0 Å². The highest BCUT2D eigenvalue weighted by Gasteiger charge is 2.28. The summed E-state index contributed by atoms with van der Waals surface area (Å²) in [6.45, 7) is 6.78. The second-order valence-electron chi connectivity index (χ2n) is 7.63. The van der Waals surface area contributed by atoms with Crippen LogP contribution >= 0.6 is 0 Å². The highest BCUT2D eigenvalue weighted by molar-refractivity contribution is 5.94. The molecule has 0 radical (unpaired) electrons. The van der Waals surface area contributed by atoms with E-state index in [1.165, 1.54) is 0 Å². The first-order chi connectivity index (χ1) is 14.1. The van der Waals surface area contributed by atoms with Gasteiger partial charge in [-0.15, -0.1) is 0 Å². The minimum Gasteiger partial charge on any atom is -0.348 e. The lowest BCUT2D eigenvalue weighted by Crippen LogP contribution is -2.55. The minimum absolute atomic E-state index is 0.0390. The number of piperazine rings is 1. The van der Waals surface area contributed by atoms with E-state index in [0.717, 1.165) is 24.0 Å². The van der Waals surface area contributed by atoms with Crippen LogP contribution in [0.2, 0.25) is 0 Å². The fourth-order valence-corrected chi connectivity index (χ4v) is 3.83. The third kappa shape index (κ3) is 5.45. The maximum atomic E-state index is 12.9. The van der Waals surface area contributed by atoms with Crippen LogP contribution in [-0.2, 0) is 4.79 Å². The van der Waals surface area contributed by atoms with Crippen LogP contribution in [0.5, 0.6) is 0 Å². The third-order valence-electron chi connectivity index (χ3n) is 5.65. The summed E-state index contributed by atoms with van der Waals surface area (Å²) in [6.07, 6.45) is 1.93. The molecule has 0 aromatic heterocycles. The van der Waals surface area contributed by atoms with E-state index < -0.39 is 0 Å². The standard InChI is InChI=1S/C24H31N3O2/c1-3-10-22(20-11-6-4-7-12-20)25-23(28)19(2)26-15-17-27(18-16-26)24(29)21-13-8-5-9-14-21/h4-9,11-14,19,22H,3,10,15-18H2,1-2H3,(H,25,28)/t19-,22-/m0/s1. The van der Waals surface area contributed by atoms with Gasteiger partial charge in [-0.2, -0.15) is 0 Å². The van der Waals surface area contributed by atoms with E-state index in [1.807, 2.05) is 60.4 Å². The second kappa shape index (κ2) is 10.2. The van der Waals surface area contributed by atoms with Crippen molar-refractivity contribution in [3.8, 4) is 0 Å². The van der Waals surface area contributed by atoms with Gasteiger partial charge in [-0.05, 0) is 31.0 Å². The lowest BCUT2D eigenvalue weighted by atomic mass is 10.0. The molecule has 0 spiro atoms. The molecule has 5 heteroatoms. The van der Waals surface area contributed by atoms with Crippen LogP contribution in [0.3, 0.4) is 0 Å². The predicted molar refractivity (Wildman–Crippen MR) is 116 cm³/mol. The second-order valence-corrected chi connectivity index (χ2v) is 7.63. The molecule has 1 heterocycles. The quantitative estimate of drug-likeness (QED) is 0.783. The zero-order valence-electron chi connectivity index (χ0n) is 17.4. The Kier molecular flexibility index (Phi) is 7.42. The first kappa shape index (κ1) is 21.1. The first-order valence-corrected chi connectivity index (χ1v) is 10.5. The van der Waals surface area contributed by atoms with Gasteiger partial charge in [0.25, 0.3) is 5.91 Å². The van der Waals surface area contributed by atoms with Crippen molar-refractivity contribution in [3.63, 3.8) is 0 Å². The van der Waals surface area contributed by atoms with Crippen molar-refractivity contribution in [1.82, 2.24) is 15.1 Å². The van der Waals surface area contributed by atoms with Gasteiger partial charge in [-0.1, -0.05) is 61.9 Å². The molecule has 5 nitrogen and oxygen atoms in total. The first-order valence-electron chi connectivity index (χ1n) is 10.5. The fourth-order valence-electron chi connectivity index (χ4n) is 3.83. The van der Waals surface area contributed by atoms with Gasteiger partial charge in [0.05, 0.1) is 12.1 Å². The van der Waals surface area contributed by atoms with E-state index in [-0.39, 0.29) is 23.9 Å². The summed E-state index contributed by atoms with van der Waals surface area (Å²) in [5.41, 5.74) is 1.87. The molecule has 2 aromatic rings. The molecular formula is C24H31N3O2. The van der Waals surface area contributed by atoms with E-state index in [4.69, 9.17) is 0 Å². The minimum atomic E-state index is -0.216. The topological polar surface area (TPSA) is 52.7 Å². The summed E-state index contributed by atoms with van der Waals surface area (Å²) in [7, 11) is 0. The zero-order chi connectivity index (χ0) is 20.6. The lowest BCUT2D eigenvalue weighted by molar-refractivity contribution is -0.127. The number of nitrogens with one attached hydrogen (secondary N) is 1. The molecule has 0 aliphatic carbocycles. The van der Waals surface area contributed by atoms with E-state index in [1.54, 1.807) is 0 Å². The molecule has 0 saturated carbocycles. The molecule has 1 aliphatic rings. The van der Waals surface area contributed by atoms with Crippen molar-refractivity contribution in [2.24, 2.45) is 0 Å². The lowest BCUT2D eigenvalue weighted by Gasteiger charge is -2.38.